The molecule has 2 atom stereocenters. The van der Waals surface area contributed by atoms with Crippen LogP contribution in [0, 0.1) is 17.2 Å². The van der Waals surface area contributed by atoms with Gasteiger partial charge in [-0.15, -0.1) is 0 Å². The molecule has 1 aliphatic rings. The first-order valence-electron chi connectivity index (χ1n) is 7.22. The van der Waals surface area contributed by atoms with Crippen LogP contribution in [0.4, 0.5) is 5.95 Å². The van der Waals surface area contributed by atoms with Gasteiger partial charge in [0.2, 0.25) is 11.9 Å². The summed E-state index contributed by atoms with van der Waals surface area (Å²) < 4.78 is 1.85. The lowest BCUT2D eigenvalue weighted by Gasteiger charge is -2.30. The highest BCUT2D eigenvalue weighted by Gasteiger charge is 2.39. The highest BCUT2D eigenvalue weighted by molar-refractivity contribution is 6.35. The molecule has 7 heteroatoms. The van der Waals surface area contributed by atoms with Crippen LogP contribution >= 0.6 is 23.2 Å². The number of hydrogen-bond acceptors (Lipinski definition) is 3. The number of imidazole rings is 1. The van der Waals surface area contributed by atoms with Gasteiger partial charge in [-0.05, 0) is 29.8 Å². The van der Waals surface area contributed by atoms with E-state index >= 15 is 0 Å². The molecule has 0 saturated carbocycles. The maximum atomic E-state index is 12.4. The van der Waals surface area contributed by atoms with E-state index in [1.54, 1.807) is 18.2 Å². The number of para-hydroxylation sites is 2. The molecule has 1 N–H and O–H groups in total. The first-order valence-corrected chi connectivity index (χ1v) is 7.98. The summed E-state index contributed by atoms with van der Waals surface area (Å²) in [6, 6.07) is 14.1. The Balaban J connectivity index is 2.03. The van der Waals surface area contributed by atoms with Gasteiger partial charge in [0, 0.05) is 10.0 Å². The van der Waals surface area contributed by atoms with Crippen LogP contribution in [0.3, 0.4) is 0 Å². The van der Waals surface area contributed by atoms with Gasteiger partial charge in [0.1, 0.15) is 0 Å². The number of nitrogens with one attached hydrogen (secondary N) is 1. The molecular formula is C17H10Cl2N4O. The van der Waals surface area contributed by atoms with Crippen LogP contribution in [-0.2, 0) is 4.79 Å². The maximum Gasteiger partial charge on any atom is 0.246 e. The minimum Gasteiger partial charge on any atom is -0.300 e. The van der Waals surface area contributed by atoms with Crippen LogP contribution < -0.4 is 5.32 Å². The van der Waals surface area contributed by atoms with E-state index in [2.05, 4.69) is 16.4 Å². The molecule has 4 rings (SSSR count). The Labute approximate surface area is 147 Å². The van der Waals surface area contributed by atoms with Gasteiger partial charge < -0.3 is 4.57 Å². The number of halogens is 2. The smallest absolute Gasteiger partial charge is 0.246 e. The molecule has 0 aliphatic carbocycles. The molecule has 1 amide bonds. The monoisotopic (exact) mass is 356 g/mol. The molecule has 0 bridgehead atoms. The Hall–Kier alpha value is -2.55. The third-order valence-electron chi connectivity index (χ3n) is 4.13. The lowest BCUT2D eigenvalue weighted by Crippen LogP contribution is -2.37. The number of anilines is 1. The number of carbonyl (C=O) groups excluding carboxylic acids is 1. The molecule has 5 nitrogen and oxygen atoms in total. The van der Waals surface area contributed by atoms with Crippen molar-refractivity contribution >= 4 is 46.1 Å². The first kappa shape index (κ1) is 15.0. The lowest BCUT2D eigenvalue weighted by atomic mass is 9.91. The fourth-order valence-corrected chi connectivity index (χ4v) is 3.60. The second-order valence-electron chi connectivity index (χ2n) is 5.50. The number of nitriles is 1. The summed E-state index contributed by atoms with van der Waals surface area (Å²) in [6.07, 6.45) is 0. The summed E-state index contributed by atoms with van der Waals surface area (Å²) >= 11 is 12.3. The summed E-state index contributed by atoms with van der Waals surface area (Å²) in [5.74, 6) is -0.908. The second kappa shape index (κ2) is 5.52. The van der Waals surface area contributed by atoms with Crippen molar-refractivity contribution in [1.29, 1.82) is 5.26 Å². The molecule has 2 aromatic carbocycles. The molecule has 3 aromatic rings. The van der Waals surface area contributed by atoms with E-state index in [1.165, 1.54) is 0 Å². The van der Waals surface area contributed by atoms with E-state index in [9.17, 15) is 10.1 Å². The van der Waals surface area contributed by atoms with Crippen LogP contribution in [0.5, 0.6) is 0 Å². The third kappa shape index (κ3) is 2.15. The van der Waals surface area contributed by atoms with Crippen LogP contribution in [0.15, 0.2) is 42.5 Å². The van der Waals surface area contributed by atoms with Crippen LogP contribution in [0.25, 0.3) is 11.0 Å². The van der Waals surface area contributed by atoms with Gasteiger partial charge in [0.25, 0.3) is 0 Å². The van der Waals surface area contributed by atoms with Gasteiger partial charge in [-0.1, -0.05) is 41.4 Å². The lowest BCUT2D eigenvalue weighted by molar-refractivity contribution is -0.119. The Morgan fingerprint density at radius 1 is 1.21 bits per heavy atom. The summed E-state index contributed by atoms with van der Waals surface area (Å²) in [5.41, 5.74) is 2.22. The van der Waals surface area contributed by atoms with Gasteiger partial charge in [-0.3, -0.25) is 10.1 Å². The zero-order valence-corrected chi connectivity index (χ0v) is 13.7. The van der Waals surface area contributed by atoms with Gasteiger partial charge in [-0.25, -0.2) is 4.98 Å². The van der Waals surface area contributed by atoms with Crippen molar-refractivity contribution in [1.82, 2.24) is 9.55 Å². The van der Waals surface area contributed by atoms with Crippen LogP contribution in [0.1, 0.15) is 11.6 Å². The average molecular weight is 357 g/mol. The molecule has 0 radical (unpaired) electrons. The number of fused-ring (bicyclic) bond motifs is 3. The number of benzene rings is 2. The summed E-state index contributed by atoms with van der Waals surface area (Å²) in [5, 5.41) is 13.2. The summed E-state index contributed by atoms with van der Waals surface area (Å²) in [6.45, 7) is 0. The van der Waals surface area contributed by atoms with E-state index in [1.807, 2.05) is 28.8 Å². The van der Waals surface area contributed by atoms with E-state index in [4.69, 9.17) is 23.2 Å². The van der Waals surface area contributed by atoms with E-state index in [0.29, 0.717) is 21.6 Å². The first-order chi connectivity index (χ1) is 11.6. The molecule has 0 saturated heterocycles. The number of hydrogen-bond donors (Lipinski definition) is 1. The molecule has 1 aromatic heterocycles. The minimum atomic E-state index is -0.922. The number of nitrogens with zero attached hydrogens (tertiary/aromatic N) is 3. The normalized spacial score (nSPS) is 19.6. The van der Waals surface area contributed by atoms with Crippen molar-refractivity contribution in [3.05, 3.63) is 58.1 Å². The number of carbonyl (C=O) groups is 1. The highest BCUT2D eigenvalue weighted by atomic mass is 35.5. The molecule has 2 heterocycles. The number of aromatic nitrogens is 2. The topological polar surface area (TPSA) is 70.7 Å². The Kier molecular flexibility index (Phi) is 3.45. The van der Waals surface area contributed by atoms with Gasteiger partial charge in [0.15, 0.2) is 5.92 Å². The predicted molar refractivity (Wildman–Crippen MR) is 92.1 cm³/mol. The van der Waals surface area contributed by atoms with Crippen molar-refractivity contribution < 1.29 is 4.79 Å². The predicted octanol–water partition coefficient (Wildman–Crippen LogP) is 4.02. The quantitative estimate of drug-likeness (QED) is 0.715. The Morgan fingerprint density at radius 3 is 2.75 bits per heavy atom. The van der Waals surface area contributed by atoms with Crippen molar-refractivity contribution in [2.24, 2.45) is 5.92 Å². The van der Waals surface area contributed by atoms with Crippen molar-refractivity contribution in [2.75, 3.05) is 5.32 Å². The van der Waals surface area contributed by atoms with Crippen molar-refractivity contribution in [3.8, 4) is 6.07 Å². The Bertz CT molecular complexity index is 1020. The third-order valence-corrected chi connectivity index (χ3v) is 4.69. The second-order valence-corrected chi connectivity index (χ2v) is 6.34. The molecule has 0 spiro atoms. The van der Waals surface area contributed by atoms with Crippen LogP contribution in [-0.4, -0.2) is 15.5 Å². The molecule has 1 aliphatic heterocycles. The zero-order valence-electron chi connectivity index (χ0n) is 12.2. The Morgan fingerprint density at radius 2 is 2.00 bits per heavy atom. The van der Waals surface area contributed by atoms with Crippen molar-refractivity contribution in [3.63, 3.8) is 0 Å². The zero-order chi connectivity index (χ0) is 16.8. The minimum absolute atomic E-state index is 0.392. The van der Waals surface area contributed by atoms with E-state index in [-0.39, 0.29) is 0 Å². The fraction of sp³-hybridized carbons (Fsp3) is 0.118. The molecule has 118 valence electrons. The van der Waals surface area contributed by atoms with E-state index < -0.39 is 17.9 Å². The molecule has 0 unspecified atom stereocenters. The van der Waals surface area contributed by atoms with Crippen LogP contribution in [0.2, 0.25) is 10.0 Å². The summed E-state index contributed by atoms with van der Waals surface area (Å²) in [7, 11) is 0. The molecule has 0 fully saturated rings. The van der Waals surface area contributed by atoms with Crippen molar-refractivity contribution in [2.45, 2.75) is 6.04 Å². The van der Waals surface area contributed by atoms with Gasteiger partial charge in [-0.2, -0.15) is 5.26 Å². The molecular weight excluding hydrogens is 347 g/mol. The fourth-order valence-electron chi connectivity index (χ4n) is 3.08. The van der Waals surface area contributed by atoms with Gasteiger partial charge >= 0.3 is 0 Å². The summed E-state index contributed by atoms with van der Waals surface area (Å²) in [4.78, 5) is 16.8. The highest BCUT2D eigenvalue weighted by Crippen LogP contribution is 2.40. The average Bonchev–Trinajstić information content (AvgIpc) is 2.91. The number of rotatable bonds is 1. The largest absolute Gasteiger partial charge is 0.300 e. The standard InChI is InChI=1S/C17H10Cl2N4O/c18-9-5-6-10(12(19)7-9)15-11(8-20)16(24)22-17-21-13-3-1-2-4-14(13)23(15)17/h1-7,11,15H,(H,21,22,24)/t11-,15-/m0/s1. The number of amides is 1. The van der Waals surface area contributed by atoms with E-state index in [0.717, 1.165) is 11.0 Å². The van der Waals surface area contributed by atoms with Gasteiger partial charge in [0.05, 0.1) is 23.1 Å². The SMILES string of the molecule is N#C[C@@H]1C(=O)Nc2nc3ccccc3n2[C@H]1c1ccc(Cl)cc1Cl. The maximum absolute atomic E-state index is 12.4. The molecule has 24 heavy (non-hydrogen) atoms.